The molecule has 0 unspecified atom stereocenters. The maximum absolute atomic E-state index is 11.8. The monoisotopic (exact) mass is 357 g/mol. The van der Waals surface area contributed by atoms with E-state index in [9.17, 15) is 4.79 Å². The van der Waals surface area contributed by atoms with E-state index in [1.54, 1.807) is 19.5 Å². The Morgan fingerprint density at radius 2 is 2.00 bits per heavy atom. The van der Waals surface area contributed by atoms with Crippen LogP contribution in [-0.2, 0) is 0 Å². The van der Waals surface area contributed by atoms with Crippen LogP contribution in [0.2, 0.25) is 0 Å². The van der Waals surface area contributed by atoms with Crippen LogP contribution in [0, 0.1) is 0 Å². The lowest BCUT2D eigenvalue weighted by Crippen LogP contribution is -2.46. The summed E-state index contributed by atoms with van der Waals surface area (Å²) in [7, 11) is 1.72. The van der Waals surface area contributed by atoms with E-state index in [-0.39, 0.29) is 6.03 Å². The molecular weight excluding hydrogens is 330 g/mol. The quantitative estimate of drug-likeness (QED) is 0.769. The number of piperazine rings is 1. The van der Waals surface area contributed by atoms with E-state index >= 15 is 0 Å². The molecular formula is C19H27N5O2. The van der Waals surface area contributed by atoms with Gasteiger partial charge in [-0.05, 0) is 31.5 Å². The highest BCUT2D eigenvalue weighted by Crippen LogP contribution is 2.28. The number of ether oxygens (including phenoxy) is 1. The Labute approximate surface area is 154 Å². The summed E-state index contributed by atoms with van der Waals surface area (Å²) in [5, 5.41) is 2.91. The third-order valence-electron chi connectivity index (χ3n) is 4.71. The number of unbranched alkanes of at least 4 members (excludes halogenated alkanes) is 1. The summed E-state index contributed by atoms with van der Waals surface area (Å²) < 4.78 is 6.92. The molecule has 2 aromatic rings. The lowest BCUT2D eigenvalue weighted by atomic mass is 10.2. The van der Waals surface area contributed by atoms with Crippen LogP contribution < -0.4 is 15.0 Å². The van der Waals surface area contributed by atoms with E-state index in [0.717, 1.165) is 51.3 Å². The number of nitrogens with one attached hydrogen (secondary N) is 1. The van der Waals surface area contributed by atoms with Crippen molar-refractivity contribution in [3.8, 4) is 5.75 Å². The Bertz CT molecular complexity index is 681. The SMILES string of the molecule is COc1ccccc1N1CCN(CCCCNC(=O)n2ccnc2)CC1. The molecule has 1 N–H and O–H groups in total. The number of imidazole rings is 1. The van der Waals surface area contributed by atoms with E-state index < -0.39 is 0 Å². The Balaban J connectivity index is 1.32. The predicted molar refractivity (Wildman–Crippen MR) is 102 cm³/mol. The second-order valence-corrected chi connectivity index (χ2v) is 6.41. The van der Waals surface area contributed by atoms with Crippen molar-refractivity contribution in [3.05, 3.63) is 43.0 Å². The standard InChI is InChI=1S/C19H27N5O2/c1-26-18-7-3-2-6-17(18)23-14-12-22(13-15-23)10-5-4-8-21-19(25)24-11-9-20-16-24/h2-3,6-7,9,11,16H,4-5,8,10,12-15H2,1H3,(H,21,25). The maximum atomic E-state index is 11.8. The summed E-state index contributed by atoms with van der Waals surface area (Å²) in [5.41, 5.74) is 1.18. The number of aromatic nitrogens is 2. The molecule has 1 fully saturated rings. The Morgan fingerprint density at radius 3 is 2.73 bits per heavy atom. The van der Waals surface area contributed by atoms with Crippen LogP contribution in [-0.4, -0.2) is 66.9 Å². The first-order chi connectivity index (χ1) is 12.8. The average molecular weight is 357 g/mol. The number of anilines is 1. The number of para-hydroxylation sites is 2. The summed E-state index contributed by atoms with van der Waals surface area (Å²) in [6, 6.07) is 8.08. The minimum absolute atomic E-state index is 0.118. The number of hydrogen-bond acceptors (Lipinski definition) is 5. The van der Waals surface area contributed by atoms with Crippen molar-refractivity contribution in [2.24, 2.45) is 0 Å². The van der Waals surface area contributed by atoms with Crippen molar-refractivity contribution in [1.29, 1.82) is 0 Å². The van der Waals surface area contributed by atoms with Crippen molar-refractivity contribution >= 4 is 11.7 Å². The number of methoxy groups -OCH3 is 1. The summed E-state index contributed by atoms with van der Waals surface area (Å²) in [4.78, 5) is 20.5. The summed E-state index contributed by atoms with van der Waals surface area (Å²) >= 11 is 0. The molecule has 0 spiro atoms. The summed E-state index contributed by atoms with van der Waals surface area (Å²) in [6.45, 7) is 5.90. The zero-order valence-electron chi connectivity index (χ0n) is 15.3. The number of benzene rings is 1. The van der Waals surface area contributed by atoms with Gasteiger partial charge in [-0.25, -0.2) is 9.78 Å². The molecule has 140 valence electrons. The normalized spacial score (nSPS) is 15.0. The Hall–Kier alpha value is -2.54. The molecule has 7 heteroatoms. The third-order valence-corrected chi connectivity index (χ3v) is 4.71. The smallest absolute Gasteiger partial charge is 0.326 e. The first-order valence-electron chi connectivity index (χ1n) is 9.14. The van der Waals surface area contributed by atoms with Gasteiger partial charge in [0, 0.05) is 45.1 Å². The third kappa shape index (κ3) is 4.76. The van der Waals surface area contributed by atoms with E-state index in [1.165, 1.54) is 16.6 Å². The molecule has 3 rings (SSSR count). The van der Waals surface area contributed by atoms with Gasteiger partial charge in [0.25, 0.3) is 0 Å². The highest BCUT2D eigenvalue weighted by molar-refractivity contribution is 5.76. The van der Waals surface area contributed by atoms with Crippen molar-refractivity contribution in [1.82, 2.24) is 19.8 Å². The molecule has 26 heavy (non-hydrogen) atoms. The molecule has 1 saturated heterocycles. The van der Waals surface area contributed by atoms with E-state index in [2.05, 4.69) is 32.2 Å². The van der Waals surface area contributed by atoms with Crippen molar-refractivity contribution < 1.29 is 9.53 Å². The fourth-order valence-corrected chi connectivity index (χ4v) is 3.23. The molecule has 1 aromatic heterocycles. The van der Waals surface area contributed by atoms with Crippen LogP contribution in [0.25, 0.3) is 0 Å². The van der Waals surface area contributed by atoms with Gasteiger partial charge in [-0.2, -0.15) is 0 Å². The highest BCUT2D eigenvalue weighted by Gasteiger charge is 2.19. The number of amides is 1. The van der Waals surface area contributed by atoms with Gasteiger partial charge in [-0.1, -0.05) is 12.1 Å². The number of carbonyl (C=O) groups excluding carboxylic acids is 1. The van der Waals surface area contributed by atoms with Gasteiger partial charge in [-0.15, -0.1) is 0 Å². The van der Waals surface area contributed by atoms with E-state index in [4.69, 9.17) is 4.74 Å². The largest absolute Gasteiger partial charge is 0.495 e. The molecule has 2 heterocycles. The van der Waals surface area contributed by atoms with Crippen LogP contribution in [0.5, 0.6) is 5.75 Å². The van der Waals surface area contributed by atoms with Crippen molar-refractivity contribution in [2.45, 2.75) is 12.8 Å². The van der Waals surface area contributed by atoms with Gasteiger partial charge in [0.2, 0.25) is 0 Å². The zero-order valence-corrected chi connectivity index (χ0v) is 15.3. The molecule has 1 aliphatic heterocycles. The molecule has 0 radical (unpaired) electrons. The van der Waals surface area contributed by atoms with Crippen LogP contribution >= 0.6 is 0 Å². The first-order valence-corrected chi connectivity index (χ1v) is 9.14. The van der Waals surface area contributed by atoms with E-state index in [1.807, 2.05) is 12.1 Å². The van der Waals surface area contributed by atoms with Gasteiger partial charge < -0.3 is 15.0 Å². The van der Waals surface area contributed by atoms with Crippen LogP contribution in [0.4, 0.5) is 10.5 Å². The average Bonchev–Trinajstić information content (AvgIpc) is 3.23. The van der Waals surface area contributed by atoms with Gasteiger partial charge >= 0.3 is 6.03 Å². The molecule has 7 nitrogen and oxygen atoms in total. The second-order valence-electron chi connectivity index (χ2n) is 6.41. The van der Waals surface area contributed by atoms with E-state index in [0.29, 0.717) is 6.54 Å². The number of carbonyl (C=O) groups is 1. The van der Waals surface area contributed by atoms with Crippen molar-refractivity contribution in [3.63, 3.8) is 0 Å². The minimum Gasteiger partial charge on any atom is -0.495 e. The summed E-state index contributed by atoms with van der Waals surface area (Å²) in [6.07, 6.45) is 6.82. The lowest BCUT2D eigenvalue weighted by molar-refractivity contribution is 0.239. The van der Waals surface area contributed by atoms with Gasteiger partial charge in [-0.3, -0.25) is 9.47 Å². The zero-order chi connectivity index (χ0) is 18.2. The second kappa shape index (κ2) is 9.24. The molecule has 0 atom stereocenters. The molecule has 0 bridgehead atoms. The molecule has 1 aliphatic rings. The molecule has 1 aromatic carbocycles. The fourth-order valence-electron chi connectivity index (χ4n) is 3.23. The molecule has 0 saturated carbocycles. The maximum Gasteiger partial charge on any atom is 0.326 e. The topological polar surface area (TPSA) is 62.6 Å². The fraction of sp³-hybridized carbons (Fsp3) is 0.474. The lowest BCUT2D eigenvalue weighted by Gasteiger charge is -2.36. The van der Waals surface area contributed by atoms with Crippen LogP contribution in [0.15, 0.2) is 43.0 Å². The van der Waals surface area contributed by atoms with Crippen LogP contribution in [0.3, 0.4) is 0 Å². The molecule has 1 amide bonds. The minimum atomic E-state index is -0.118. The highest BCUT2D eigenvalue weighted by atomic mass is 16.5. The van der Waals surface area contributed by atoms with Gasteiger partial charge in [0.1, 0.15) is 12.1 Å². The first kappa shape index (κ1) is 18.3. The molecule has 0 aliphatic carbocycles. The number of hydrogen-bond donors (Lipinski definition) is 1. The number of rotatable bonds is 7. The van der Waals surface area contributed by atoms with Crippen molar-refractivity contribution in [2.75, 3.05) is 51.3 Å². The number of nitrogens with zero attached hydrogens (tertiary/aromatic N) is 4. The van der Waals surface area contributed by atoms with Crippen LogP contribution in [0.1, 0.15) is 12.8 Å². The van der Waals surface area contributed by atoms with Gasteiger partial charge in [0.15, 0.2) is 0 Å². The Kier molecular flexibility index (Phi) is 6.49. The Morgan fingerprint density at radius 1 is 1.19 bits per heavy atom. The van der Waals surface area contributed by atoms with Gasteiger partial charge in [0.05, 0.1) is 12.8 Å². The predicted octanol–water partition coefficient (Wildman–Crippen LogP) is 2.05. The summed E-state index contributed by atoms with van der Waals surface area (Å²) in [5.74, 6) is 0.939.